The molecule has 1 aliphatic carbocycles. The largest absolute Gasteiger partial charge is 0.151 e. The van der Waals surface area contributed by atoms with Gasteiger partial charge < -0.3 is 0 Å². The fraction of sp³-hybridized carbons (Fsp3) is 1.00. The molecule has 1 fully saturated rings. The maximum atomic E-state index is 5.97. The second kappa shape index (κ2) is 3.49. The van der Waals surface area contributed by atoms with Gasteiger partial charge in [-0.25, -0.2) is 0 Å². The molecule has 0 amide bonds. The summed E-state index contributed by atoms with van der Waals surface area (Å²) < 4.78 is -1.93. The Morgan fingerprint density at radius 1 is 0.636 bits per heavy atom. The quantitative estimate of drug-likeness (QED) is 0.434. The summed E-state index contributed by atoms with van der Waals surface area (Å²) >= 11 is 23.9. The van der Waals surface area contributed by atoms with E-state index in [1.54, 1.807) is 0 Å². The Morgan fingerprint density at radius 2 is 1.00 bits per heavy atom. The standard InChI is InChI=1S/C7H10Cl4/c8-6(9)4-2-1-3-5-7(6,10)11/h1-5H2. The topological polar surface area (TPSA) is 0 Å². The summed E-state index contributed by atoms with van der Waals surface area (Å²) in [5, 5.41) is 0. The molecule has 0 radical (unpaired) electrons. The van der Waals surface area contributed by atoms with Crippen molar-refractivity contribution < 1.29 is 0 Å². The molecule has 1 saturated carbocycles. The van der Waals surface area contributed by atoms with Crippen LogP contribution in [0.3, 0.4) is 0 Å². The highest BCUT2D eigenvalue weighted by atomic mass is 35.5. The van der Waals surface area contributed by atoms with Crippen LogP contribution >= 0.6 is 46.4 Å². The molecular formula is C7H10Cl4. The molecule has 1 rings (SSSR count). The zero-order valence-corrected chi connectivity index (χ0v) is 9.07. The summed E-state index contributed by atoms with van der Waals surface area (Å²) in [6, 6.07) is 0. The van der Waals surface area contributed by atoms with Crippen LogP contribution < -0.4 is 0 Å². The van der Waals surface area contributed by atoms with Gasteiger partial charge in [-0.1, -0.05) is 65.7 Å². The molecule has 0 unspecified atom stereocenters. The summed E-state index contributed by atoms with van der Waals surface area (Å²) in [7, 11) is 0. The Balaban J connectivity index is 2.72. The van der Waals surface area contributed by atoms with Crippen LogP contribution in [0.15, 0.2) is 0 Å². The van der Waals surface area contributed by atoms with Gasteiger partial charge in [0.2, 0.25) is 0 Å². The predicted octanol–water partition coefficient (Wildman–Crippen LogP) is 4.30. The number of halogens is 4. The molecule has 0 heterocycles. The summed E-state index contributed by atoms with van der Waals surface area (Å²) in [6.45, 7) is 0. The van der Waals surface area contributed by atoms with E-state index >= 15 is 0 Å². The molecule has 0 bridgehead atoms. The average Bonchev–Trinajstić information content (AvgIpc) is 1.94. The van der Waals surface area contributed by atoms with Crippen molar-refractivity contribution in [3.05, 3.63) is 0 Å². The van der Waals surface area contributed by atoms with Crippen LogP contribution in [-0.2, 0) is 0 Å². The molecule has 0 N–H and O–H groups in total. The molecule has 11 heavy (non-hydrogen) atoms. The van der Waals surface area contributed by atoms with Crippen molar-refractivity contribution in [2.45, 2.75) is 40.8 Å². The highest BCUT2D eigenvalue weighted by Gasteiger charge is 2.47. The first-order chi connectivity index (χ1) is 4.96. The van der Waals surface area contributed by atoms with Crippen molar-refractivity contribution in [1.29, 1.82) is 0 Å². The summed E-state index contributed by atoms with van der Waals surface area (Å²) in [5.41, 5.74) is 0. The van der Waals surface area contributed by atoms with Crippen LogP contribution in [0, 0.1) is 0 Å². The minimum absolute atomic E-state index is 0.684. The third-order valence-electron chi connectivity index (χ3n) is 2.02. The van der Waals surface area contributed by atoms with Gasteiger partial charge >= 0.3 is 0 Å². The van der Waals surface area contributed by atoms with Crippen LogP contribution in [0.25, 0.3) is 0 Å². The number of alkyl halides is 4. The molecule has 0 saturated heterocycles. The maximum absolute atomic E-state index is 5.97. The lowest BCUT2D eigenvalue weighted by atomic mass is 10.2. The molecule has 0 aliphatic heterocycles. The molecule has 0 aromatic rings. The number of hydrogen-bond donors (Lipinski definition) is 0. The molecule has 4 heteroatoms. The van der Waals surface area contributed by atoms with E-state index in [1.807, 2.05) is 0 Å². The van der Waals surface area contributed by atoms with Crippen LogP contribution in [0.5, 0.6) is 0 Å². The lowest BCUT2D eigenvalue weighted by Crippen LogP contribution is -2.34. The summed E-state index contributed by atoms with van der Waals surface area (Å²) in [6.07, 6.45) is 4.50. The van der Waals surface area contributed by atoms with E-state index < -0.39 is 8.67 Å². The number of hydrogen-bond acceptors (Lipinski definition) is 0. The molecule has 66 valence electrons. The van der Waals surface area contributed by atoms with Crippen LogP contribution in [0.2, 0.25) is 0 Å². The third kappa shape index (κ3) is 2.30. The number of rotatable bonds is 0. The lowest BCUT2D eigenvalue weighted by Gasteiger charge is -2.30. The monoisotopic (exact) mass is 234 g/mol. The van der Waals surface area contributed by atoms with Gasteiger partial charge in [-0.05, 0) is 12.8 Å². The van der Waals surface area contributed by atoms with Crippen molar-refractivity contribution in [3.63, 3.8) is 0 Å². The van der Waals surface area contributed by atoms with Crippen molar-refractivity contribution in [3.8, 4) is 0 Å². The first-order valence-electron chi connectivity index (χ1n) is 3.71. The van der Waals surface area contributed by atoms with Gasteiger partial charge in [0, 0.05) is 0 Å². The Bertz CT molecular complexity index is 125. The van der Waals surface area contributed by atoms with E-state index in [0.29, 0.717) is 12.8 Å². The molecular weight excluding hydrogens is 226 g/mol. The summed E-state index contributed by atoms with van der Waals surface area (Å²) in [4.78, 5) is 0. The van der Waals surface area contributed by atoms with Crippen molar-refractivity contribution >= 4 is 46.4 Å². The molecule has 0 nitrogen and oxygen atoms in total. The van der Waals surface area contributed by atoms with E-state index in [-0.39, 0.29) is 0 Å². The average molecular weight is 236 g/mol. The second-order valence-electron chi connectivity index (χ2n) is 2.97. The molecule has 1 aliphatic rings. The van der Waals surface area contributed by atoms with Crippen LogP contribution in [0.4, 0.5) is 0 Å². The SMILES string of the molecule is ClC1(Cl)CCCCCC1(Cl)Cl. The molecule has 0 atom stereocenters. The fourth-order valence-corrected chi connectivity index (χ4v) is 2.15. The zero-order chi connectivity index (χ0) is 8.54. The fourth-order valence-electron chi connectivity index (χ4n) is 1.24. The first kappa shape index (κ1) is 10.2. The van der Waals surface area contributed by atoms with Gasteiger partial charge in [-0.3, -0.25) is 0 Å². The van der Waals surface area contributed by atoms with E-state index in [0.717, 1.165) is 19.3 Å². The minimum atomic E-state index is -0.966. The van der Waals surface area contributed by atoms with Gasteiger partial charge in [0.1, 0.15) is 0 Å². The van der Waals surface area contributed by atoms with E-state index in [4.69, 9.17) is 46.4 Å². The lowest BCUT2D eigenvalue weighted by molar-refractivity contribution is 0.615. The van der Waals surface area contributed by atoms with Gasteiger partial charge in [0.05, 0.1) is 0 Å². The normalized spacial score (nSPS) is 29.5. The van der Waals surface area contributed by atoms with Crippen LogP contribution in [0.1, 0.15) is 32.1 Å². The molecule has 0 spiro atoms. The highest BCUT2D eigenvalue weighted by Crippen LogP contribution is 2.50. The smallest absolute Gasteiger partial charge is 0.0983 e. The van der Waals surface area contributed by atoms with Crippen molar-refractivity contribution in [2.24, 2.45) is 0 Å². The van der Waals surface area contributed by atoms with E-state index in [2.05, 4.69) is 0 Å². The summed E-state index contributed by atoms with van der Waals surface area (Å²) in [5.74, 6) is 0. The highest BCUT2D eigenvalue weighted by molar-refractivity contribution is 6.62. The van der Waals surface area contributed by atoms with Crippen LogP contribution in [-0.4, -0.2) is 8.67 Å². The zero-order valence-electron chi connectivity index (χ0n) is 6.05. The molecule has 0 aromatic heterocycles. The van der Waals surface area contributed by atoms with Crippen molar-refractivity contribution in [2.75, 3.05) is 0 Å². The van der Waals surface area contributed by atoms with E-state index in [1.165, 1.54) is 0 Å². The molecule has 0 aromatic carbocycles. The van der Waals surface area contributed by atoms with Gasteiger partial charge in [0.25, 0.3) is 0 Å². The first-order valence-corrected chi connectivity index (χ1v) is 5.22. The van der Waals surface area contributed by atoms with Gasteiger partial charge in [-0.2, -0.15) is 0 Å². The van der Waals surface area contributed by atoms with Gasteiger partial charge in [-0.15, -0.1) is 0 Å². The Morgan fingerprint density at radius 3 is 1.36 bits per heavy atom. The Kier molecular flexibility index (Phi) is 3.25. The predicted molar refractivity (Wildman–Crippen MR) is 52.0 cm³/mol. The Hall–Kier alpha value is 1.16. The van der Waals surface area contributed by atoms with E-state index in [9.17, 15) is 0 Å². The second-order valence-corrected chi connectivity index (χ2v) is 5.94. The van der Waals surface area contributed by atoms with Crippen molar-refractivity contribution in [1.82, 2.24) is 0 Å². The maximum Gasteiger partial charge on any atom is 0.151 e. The third-order valence-corrected chi connectivity index (χ3v) is 4.45. The minimum Gasteiger partial charge on any atom is -0.0983 e. The Labute approximate surface area is 87.1 Å². The van der Waals surface area contributed by atoms with Gasteiger partial charge in [0.15, 0.2) is 8.67 Å².